The zero-order chi connectivity index (χ0) is 14.1. The van der Waals surface area contributed by atoms with E-state index in [1.165, 1.54) is 0 Å². The fourth-order valence-corrected chi connectivity index (χ4v) is 1.56. The zero-order valence-corrected chi connectivity index (χ0v) is 11.7. The molecule has 1 amide bonds. The highest BCUT2D eigenvalue weighted by molar-refractivity contribution is 5.87. The fraction of sp³-hybridized carbons (Fsp3) is 0.429. The summed E-state index contributed by atoms with van der Waals surface area (Å²) in [5.74, 6) is 0.534. The summed E-state index contributed by atoms with van der Waals surface area (Å²) in [6, 6.07) is 7.46. The number of nitrogens with one attached hydrogen (secondary N) is 2. The normalized spacial score (nSPS) is 9.63. The van der Waals surface area contributed by atoms with Gasteiger partial charge in [-0.15, -0.1) is 0 Å². The van der Waals surface area contributed by atoms with Gasteiger partial charge in [0.05, 0.1) is 19.3 Å². The molecule has 2 N–H and O–H groups in total. The Morgan fingerprint density at radius 2 is 1.95 bits per heavy atom. The van der Waals surface area contributed by atoms with Crippen molar-refractivity contribution in [3.63, 3.8) is 0 Å². The number of para-hydroxylation sites is 2. The Kier molecular flexibility index (Phi) is 6.43. The van der Waals surface area contributed by atoms with Gasteiger partial charge < -0.3 is 10.1 Å². The van der Waals surface area contributed by atoms with Crippen LogP contribution in [-0.4, -0.2) is 25.3 Å². The summed E-state index contributed by atoms with van der Waals surface area (Å²) < 4.78 is 5.19. The Hall–Kier alpha value is -2.04. The molecule has 0 aromatic heterocycles. The third-order valence-corrected chi connectivity index (χ3v) is 2.70. The predicted octanol–water partition coefficient (Wildman–Crippen LogP) is 2.40. The van der Waals surface area contributed by atoms with Crippen LogP contribution in [0.1, 0.15) is 26.7 Å². The summed E-state index contributed by atoms with van der Waals surface area (Å²) in [6.07, 6.45) is 1.69. The van der Waals surface area contributed by atoms with E-state index in [1.54, 1.807) is 7.11 Å². The van der Waals surface area contributed by atoms with Crippen LogP contribution in [-0.2, 0) is 4.79 Å². The average molecular weight is 263 g/mol. The first-order valence-corrected chi connectivity index (χ1v) is 6.42. The van der Waals surface area contributed by atoms with Crippen LogP contribution in [0, 0.1) is 0 Å². The molecular formula is C14H21N3O2. The molecule has 5 heteroatoms. The Labute approximate surface area is 114 Å². The van der Waals surface area contributed by atoms with Gasteiger partial charge in [-0.1, -0.05) is 26.0 Å². The van der Waals surface area contributed by atoms with E-state index in [2.05, 4.69) is 15.8 Å². The maximum atomic E-state index is 11.6. The van der Waals surface area contributed by atoms with Crippen molar-refractivity contribution in [1.29, 1.82) is 0 Å². The van der Waals surface area contributed by atoms with E-state index >= 15 is 0 Å². The monoisotopic (exact) mass is 263 g/mol. The lowest BCUT2D eigenvalue weighted by molar-refractivity contribution is -0.119. The largest absolute Gasteiger partial charge is 0.495 e. The van der Waals surface area contributed by atoms with Crippen molar-refractivity contribution < 1.29 is 9.53 Å². The second-order valence-corrected chi connectivity index (χ2v) is 3.97. The predicted molar refractivity (Wildman–Crippen MR) is 77.6 cm³/mol. The maximum Gasteiger partial charge on any atom is 0.259 e. The van der Waals surface area contributed by atoms with Crippen molar-refractivity contribution >= 4 is 17.3 Å². The van der Waals surface area contributed by atoms with Crippen LogP contribution < -0.4 is 15.5 Å². The van der Waals surface area contributed by atoms with E-state index in [0.717, 1.165) is 24.2 Å². The zero-order valence-electron chi connectivity index (χ0n) is 11.7. The SMILES string of the molecule is CCC(CC)=NNC(=O)CNc1ccccc1OC. The van der Waals surface area contributed by atoms with Crippen LogP contribution >= 0.6 is 0 Å². The van der Waals surface area contributed by atoms with Crippen LogP contribution in [0.3, 0.4) is 0 Å². The molecule has 104 valence electrons. The number of hydrazone groups is 1. The van der Waals surface area contributed by atoms with E-state index in [0.29, 0.717) is 5.75 Å². The molecule has 0 bridgehead atoms. The highest BCUT2D eigenvalue weighted by Crippen LogP contribution is 2.22. The van der Waals surface area contributed by atoms with E-state index in [9.17, 15) is 4.79 Å². The molecule has 0 atom stereocenters. The standard InChI is InChI=1S/C14H21N3O2/c1-4-11(5-2)16-17-14(18)10-15-12-8-6-7-9-13(12)19-3/h6-9,15H,4-5,10H2,1-3H3,(H,17,18). The van der Waals surface area contributed by atoms with Crippen LogP contribution in [0.4, 0.5) is 5.69 Å². The Morgan fingerprint density at radius 1 is 1.26 bits per heavy atom. The van der Waals surface area contributed by atoms with Crippen molar-refractivity contribution in [1.82, 2.24) is 5.43 Å². The number of benzene rings is 1. The molecule has 0 saturated carbocycles. The third kappa shape index (κ3) is 4.99. The number of anilines is 1. The highest BCUT2D eigenvalue weighted by atomic mass is 16.5. The molecule has 0 aliphatic heterocycles. The first kappa shape index (κ1) is 15.0. The smallest absolute Gasteiger partial charge is 0.259 e. The lowest BCUT2D eigenvalue weighted by Crippen LogP contribution is -2.27. The number of ether oxygens (including phenoxy) is 1. The number of rotatable bonds is 7. The fourth-order valence-electron chi connectivity index (χ4n) is 1.56. The van der Waals surface area contributed by atoms with Gasteiger partial charge >= 0.3 is 0 Å². The quantitative estimate of drug-likeness (QED) is 0.586. The second-order valence-electron chi connectivity index (χ2n) is 3.97. The number of amides is 1. The molecule has 0 aliphatic carbocycles. The molecule has 0 unspecified atom stereocenters. The van der Waals surface area contributed by atoms with Crippen LogP contribution in [0.2, 0.25) is 0 Å². The summed E-state index contributed by atoms with van der Waals surface area (Å²) in [5.41, 5.74) is 4.30. The summed E-state index contributed by atoms with van der Waals surface area (Å²) in [6.45, 7) is 4.19. The molecule has 0 fully saturated rings. The number of carbonyl (C=O) groups excluding carboxylic acids is 1. The number of hydrogen-bond acceptors (Lipinski definition) is 4. The molecule has 19 heavy (non-hydrogen) atoms. The Balaban J connectivity index is 2.48. The molecule has 1 aromatic rings. The molecule has 0 radical (unpaired) electrons. The van der Waals surface area contributed by atoms with Crippen molar-refractivity contribution in [3.05, 3.63) is 24.3 Å². The van der Waals surface area contributed by atoms with Gasteiger partial charge in [0.1, 0.15) is 5.75 Å². The van der Waals surface area contributed by atoms with Gasteiger partial charge in [-0.2, -0.15) is 5.10 Å². The van der Waals surface area contributed by atoms with Gasteiger partial charge in [0.15, 0.2) is 0 Å². The Bertz CT molecular complexity index is 438. The topological polar surface area (TPSA) is 62.7 Å². The Morgan fingerprint density at radius 3 is 2.58 bits per heavy atom. The molecule has 0 spiro atoms. The van der Waals surface area contributed by atoms with Gasteiger partial charge in [-0.25, -0.2) is 5.43 Å². The van der Waals surface area contributed by atoms with Gasteiger partial charge in [-0.05, 0) is 25.0 Å². The van der Waals surface area contributed by atoms with E-state index in [-0.39, 0.29) is 12.5 Å². The molecular weight excluding hydrogens is 242 g/mol. The van der Waals surface area contributed by atoms with Crippen LogP contribution in [0.15, 0.2) is 29.4 Å². The number of hydrogen-bond donors (Lipinski definition) is 2. The van der Waals surface area contributed by atoms with Gasteiger partial charge in [0.25, 0.3) is 5.91 Å². The summed E-state index contributed by atoms with van der Waals surface area (Å²) >= 11 is 0. The molecule has 0 aliphatic rings. The maximum absolute atomic E-state index is 11.6. The molecule has 1 rings (SSSR count). The van der Waals surface area contributed by atoms with Gasteiger partial charge in [0.2, 0.25) is 0 Å². The van der Waals surface area contributed by atoms with Crippen molar-refractivity contribution in [3.8, 4) is 5.75 Å². The summed E-state index contributed by atoms with van der Waals surface area (Å²) in [4.78, 5) is 11.6. The lowest BCUT2D eigenvalue weighted by atomic mass is 10.2. The first-order chi connectivity index (χ1) is 9.21. The van der Waals surface area contributed by atoms with Crippen molar-refractivity contribution in [2.45, 2.75) is 26.7 Å². The minimum Gasteiger partial charge on any atom is -0.495 e. The third-order valence-electron chi connectivity index (χ3n) is 2.70. The van der Waals surface area contributed by atoms with Crippen molar-refractivity contribution in [2.24, 2.45) is 5.10 Å². The molecule has 0 heterocycles. The molecule has 5 nitrogen and oxygen atoms in total. The lowest BCUT2D eigenvalue weighted by Gasteiger charge is -2.10. The van der Waals surface area contributed by atoms with E-state index in [4.69, 9.17) is 4.74 Å². The van der Waals surface area contributed by atoms with Crippen LogP contribution in [0.25, 0.3) is 0 Å². The second kappa shape index (κ2) is 8.13. The summed E-state index contributed by atoms with van der Waals surface area (Å²) in [7, 11) is 1.60. The number of carbonyl (C=O) groups is 1. The van der Waals surface area contributed by atoms with Crippen molar-refractivity contribution in [2.75, 3.05) is 19.0 Å². The minimum atomic E-state index is -0.176. The van der Waals surface area contributed by atoms with Gasteiger partial charge in [0, 0.05) is 5.71 Å². The molecule has 0 saturated heterocycles. The van der Waals surface area contributed by atoms with Gasteiger partial charge in [-0.3, -0.25) is 4.79 Å². The number of methoxy groups -OCH3 is 1. The average Bonchev–Trinajstić information content (AvgIpc) is 2.46. The summed E-state index contributed by atoms with van der Waals surface area (Å²) in [5, 5.41) is 7.08. The molecule has 1 aromatic carbocycles. The van der Waals surface area contributed by atoms with E-state index < -0.39 is 0 Å². The minimum absolute atomic E-state index is 0.157. The van der Waals surface area contributed by atoms with Crippen LogP contribution in [0.5, 0.6) is 5.75 Å². The first-order valence-electron chi connectivity index (χ1n) is 6.42. The van der Waals surface area contributed by atoms with E-state index in [1.807, 2.05) is 38.1 Å². The highest BCUT2D eigenvalue weighted by Gasteiger charge is 2.04. The number of nitrogens with zero attached hydrogens (tertiary/aromatic N) is 1.